The fourth-order valence-corrected chi connectivity index (χ4v) is 3.26. The van der Waals surface area contributed by atoms with E-state index >= 15 is 0 Å². The minimum absolute atomic E-state index is 0.365. The summed E-state index contributed by atoms with van der Waals surface area (Å²) in [6, 6.07) is 24.1. The van der Waals surface area contributed by atoms with Crippen molar-refractivity contribution >= 4 is 22.6 Å². The van der Waals surface area contributed by atoms with Gasteiger partial charge in [-0.3, -0.25) is 0 Å². The Morgan fingerprint density at radius 1 is 0.923 bits per heavy atom. The third-order valence-corrected chi connectivity index (χ3v) is 4.83. The summed E-state index contributed by atoms with van der Waals surface area (Å²) >= 11 is 6.21. The summed E-state index contributed by atoms with van der Waals surface area (Å²) in [7, 11) is 0. The smallest absolute Gasteiger partial charge is 0.148 e. The van der Waals surface area contributed by atoms with E-state index in [-0.39, 0.29) is 0 Å². The number of benzene rings is 3. The van der Waals surface area contributed by atoms with Crippen LogP contribution >= 0.6 is 11.6 Å². The Hall–Kier alpha value is -2.78. The Kier molecular flexibility index (Phi) is 4.63. The molecule has 0 aliphatic carbocycles. The van der Waals surface area contributed by atoms with Gasteiger partial charge in [0.2, 0.25) is 0 Å². The van der Waals surface area contributed by atoms with Gasteiger partial charge in [-0.2, -0.15) is 0 Å². The summed E-state index contributed by atoms with van der Waals surface area (Å²) < 4.78 is 8.16. The Morgan fingerprint density at radius 2 is 1.65 bits per heavy atom. The highest BCUT2D eigenvalue weighted by atomic mass is 35.5. The molecule has 4 heteroatoms. The lowest BCUT2D eigenvalue weighted by Crippen LogP contribution is -2.09. The molecule has 0 amide bonds. The van der Waals surface area contributed by atoms with E-state index in [1.54, 1.807) is 0 Å². The molecule has 0 fully saturated rings. The van der Waals surface area contributed by atoms with E-state index in [1.807, 2.05) is 42.5 Å². The highest BCUT2D eigenvalue weighted by Crippen LogP contribution is 2.25. The van der Waals surface area contributed by atoms with Gasteiger partial charge < -0.3 is 9.30 Å². The normalized spacial score (nSPS) is 11.0. The predicted octanol–water partition coefficient (Wildman–Crippen LogP) is 5.63. The fourth-order valence-electron chi connectivity index (χ4n) is 3.07. The van der Waals surface area contributed by atoms with Crippen molar-refractivity contribution in [3.63, 3.8) is 0 Å². The van der Waals surface area contributed by atoms with Crippen molar-refractivity contribution in [3.05, 3.63) is 94.8 Å². The molecule has 0 radical (unpaired) electrons. The molecule has 0 aliphatic heterocycles. The molecule has 0 aliphatic rings. The molecule has 0 saturated carbocycles. The number of aryl methyl sites for hydroxylation is 1. The molecule has 1 aromatic heterocycles. The maximum absolute atomic E-state index is 6.21. The van der Waals surface area contributed by atoms with E-state index in [4.69, 9.17) is 21.3 Å². The Morgan fingerprint density at radius 3 is 2.50 bits per heavy atom. The summed E-state index contributed by atoms with van der Waals surface area (Å²) in [6.45, 7) is 3.26. The van der Waals surface area contributed by atoms with Gasteiger partial charge in [0.1, 0.15) is 18.2 Å². The molecule has 0 spiro atoms. The minimum Gasteiger partial charge on any atom is -0.484 e. The second kappa shape index (κ2) is 7.22. The first-order valence-corrected chi connectivity index (χ1v) is 8.96. The average Bonchev–Trinajstić information content (AvgIpc) is 3.01. The zero-order chi connectivity index (χ0) is 17.9. The van der Waals surface area contributed by atoms with Crippen molar-refractivity contribution in [2.75, 3.05) is 0 Å². The van der Waals surface area contributed by atoms with E-state index in [0.717, 1.165) is 23.4 Å². The monoisotopic (exact) mass is 362 g/mol. The van der Waals surface area contributed by atoms with Crippen molar-refractivity contribution < 1.29 is 4.74 Å². The number of para-hydroxylation sites is 3. The molecule has 130 valence electrons. The first-order valence-electron chi connectivity index (χ1n) is 8.58. The number of aromatic nitrogens is 2. The molecule has 0 atom stereocenters. The lowest BCUT2D eigenvalue weighted by Gasteiger charge is -2.13. The van der Waals surface area contributed by atoms with E-state index in [2.05, 4.69) is 41.8 Å². The van der Waals surface area contributed by atoms with Crippen LogP contribution in [0.15, 0.2) is 72.8 Å². The quantitative estimate of drug-likeness (QED) is 0.460. The maximum Gasteiger partial charge on any atom is 0.148 e. The standard InChI is InChI=1S/C22H19ClN2O/c1-16-8-2-3-9-17(16)14-25-20-12-6-5-11-19(20)24-22(25)15-26-21-13-7-4-10-18(21)23/h2-13H,14-15H2,1H3. The number of fused-ring (bicyclic) bond motifs is 1. The molecule has 0 unspecified atom stereocenters. The molecule has 0 saturated heterocycles. The molecule has 26 heavy (non-hydrogen) atoms. The van der Waals surface area contributed by atoms with Crippen LogP contribution < -0.4 is 4.74 Å². The van der Waals surface area contributed by atoms with Gasteiger partial charge in [0.05, 0.1) is 16.1 Å². The number of hydrogen-bond acceptors (Lipinski definition) is 2. The lowest BCUT2D eigenvalue weighted by atomic mass is 10.1. The predicted molar refractivity (Wildman–Crippen MR) is 106 cm³/mol. The number of halogens is 1. The van der Waals surface area contributed by atoms with E-state index in [1.165, 1.54) is 11.1 Å². The Balaban J connectivity index is 1.70. The Bertz CT molecular complexity index is 1050. The van der Waals surface area contributed by atoms with Crippen LogP contribution in [0.25, 0.3) is 11.0 Å². The van der Waals surface area contributed by atoms with E-state index < -0.39 is 0 Å². The minimum atomic E-state index is 0.365. The number of imidazole rings is 1. The molecule has 4 aromatic rings. The molecule has 3 aromatic carbocycles. The summed E-state index contributed by atoms with van der Waals surface area (Å²) in [5.41, 5.74) is 4.62. The van der Waals surface area contributed by atoms with Crippen LogP contribution in [-0.2, 0) is 13.2 Å². The molecule has 4 rings (SSSR count). The highest BCUT2D eigenvalue weighted by molar-refractivity contribution is 6.32. The number of nitrogens with zero attached hydrogens (tertiary/aromatic N) is 2. The van der Waals surface area contributed by atoms with Crippen LogP contribution in [0.1, 0.15) is 17.0 Å². The van der Waals surface area contributed by atoms with Gasteiger partial charge in [0.25, 0.3) is 0 Å². The lowest BCUT2D eigenvalue weighted by molar-refractivity contribution is 0.291. The van der Waals surface area contributed by atoms with Crippen LogP contribution in [-0.4, -0.2) is 9.55 Å². The number of hydrogen-bond donors (Lipinski definition) is 0. The van der Waals surface area contributed by atoms with Crippen LogP contribution in [0, 0.1) is 6.92 Å². The van der Waals surface area contributed by atoms with Gasteiger partial charge in [0, 0.05) is 6.54 Å². The zero-order valence-electron chi connectivity index (χ0n) is 14.5. The molecular weight excluding hydrogens is 344 g/mol. The third-order valence-electron chi connectivity index (χ3n) is 4.52. The highest BCUT2D eigenvalue weighted by Gasteiger charge is 2.13. The number of rotatable bonds is 5. The molecular formula is C22H19ClN2O. The van der Waals surface area contributed by atoms with Crippen molar-refractivity contribution in [2.24, 2.45) is 0 Å². The second-order valence-electron chi connectivity index (χ2n) is 6.25. The van der Waals surface area contributed by atoms with Crippen molar-refractivity contribution in [3.8, 4) is 5.75 Å². The van der Waals surface area contributed by atoms with Crippen LogP contribution in [0.2, 0.25) is 5.02 Å². The van der Waals surface area contributed by atoms with Crippen molar-refractivity contribution in [1.82, 2.24) is 9.55 Å². The Labute approximate surface area is 157 Å². The van der Waals surface area contributed by atoms with Gasteiger partial charge in [-0.25, -0.2) is 4.98 Å². The topological polar surface area (TPSA) is 27.1 Å². The van der Waals surface area contributed by atoms with Crippen molar-refractivity contribution in [2.45, 2.75) is 20.1 Å². The zero-order valence-corrected chi connectivity index (χ0v) is 15.3. The van der Waals surface area contributed by atoms with Gasteiger partial charge >= 0.3 is 0 Å². The first kappa shape index (κ1) is 16.7. The summed E-state index contributed by atoms with van der Waals surface area (Å²) in [6.07, 6.45) is 0. The first-order chi connectivity index (χ1) is 12.7. The SMILES string of the molecule is Cc1ccccc1Cn1c(COc2ccccc2Cl)nc2ccccc21. The van der Waals surface area contributed by atoms with Gasteiger partial charge in [-0.1, -0.05) is 60.1 Å². The van der Waals surface area contributed by atoms with E-state index in [9.17, 15) is 0 Å². The molecule has 0 N–H and O–H groups in total. The average molecular weight is 363 g/mol. The summed E-state index contributed by atoms with van der Waals surface area (Å²) in [4.78, 5) is 4.78. The molecule has 0 bridgehead atoms. The second-order valence-corrected chi connectivity index (χ2v) is 6.66. The summed E-state index contributed by atoms with van der Waals surface area (Å²) in [5.74, 6) is 1.55. The maximum atomic E-state index is 6.21. The van der Waals surface area contributed by atoms with E-state index in [0.29, 0.717) is 17.4 Å². The molecule has 3 nitrogen and oxygen atoms in total. The van der Waals surface area contributed by atoms with Crippen LogP contribution in [0.4, 0.5) is 0 Å². The van der Waals surface area contributed by atoms with Gasteiger partial charge in [-0.05, 0) is 42.3 Å². The van der Waals surface area contributed by atoms with Crippen LogP contribution in [0.3, 0.4) is 0 Å². The van der Waals surface area contributed by atoms with Crippen molar-refractivity contribution in [1.29, 1.82) is 0 Å². The van der Waals surface area contributed by atoms with Gasteiger partial charge in [-0.15, -0.1) is 0 Å². The summed E-state index contributed by atoms with van der Waals surface area (Å²) in [5, 5.41) is 0.606. The van der Waals surface area contributed by atoms with Crippen LogP contribution in [0.5, 0.6) is 5.75 Å². The third kappa shape index (κ3) is 3.31. The van der Waals surface area contributed by atoms with Gasteiger partial charge in [0.15, 0.2) is 0 Å². The largest absolute Gasteiger partial charge is 0.484 e. The molecule has 1 heterocycles. The number of ether oxygens (including phenoxy) is 1. The fraction of sp³-hybridized carbons (Fsp3) is 0.136.